The van der Waals surface area contributed by atoms with Gasteiger partial charge in [-0.1, -0.05) is 49.4 Å². The molecule has 1 aliphatic heterocycles. The Bertz CT molecular complexity index is 691. The molecule has 1 heterocycles. The molecule has 0 aromatic heterocycles. The number of nitrogens with zero attached hydrogens (tertiary/aromatic N) is 1. The van der Waals surface area contributed by atoms with Gasteiger partial charge in [-0.2, -0.15) is 0 Å². The summed E-state index contributed by atoms with van der Waals surface area (Å²) in [6.45, 7) is 9.12. The topological polar surface area (TPSA) is 3.24 Å². The van der Waals surface area contributed by atoms with Crippen molar-refractivity contribution in [3.63, 3.8) is 0 Å². The molecule has 0 radical (unpaired) electrons. The molecule has 0 aliphatic carbocycles. The summed E-state index contributed by atoms with van der Waals surface area (Å²) < 4.78 is 0. The van der Waals surface area contributed by atoms with Crippen LogP contribution in [0.15, 0.2) is 48.5 Å². The number of aryl methyl sites for hydroxylation is 1. The summed E-state index contributed by atoms with van der Waals surface area (Å²) in [5, 5.41) is 0. The second kappa shape index (κ2) is 7.04. The fourth-order valence-electron chi connectivity index (χ4n) is 3.28. The number of rotatable bonds is 3. The number of anilines is 1. The maximum absolute atomic E-state index is 2.53. The third kappa shape index (κ3) is 3.85. The van der Waals surface area contributed by atoms with Crippen LogP contribution in [0.3, 0.4) is 0 Å². The van der Waals surface area contributed by atoms with Gasteiger partial charge in [-0.3, -0.25) is 0 Å². The smallest absolute Gasteiger partial charge is 0.0372 e. The molecule has 2 aromatic carbocycles. The van der Waals surface area contributed by atoms with E-state index in [4.69, 9.17) is 0 Å². The summed E-state index contributed by atoms with van der Waals surface area (Å²) in [5.41, 5.74) is 6.65. The predicted molar refractivity (Wildman–Crippen MR) is 102 cm³/mol. The van der Waals surface area contributed by atoms with Crippen molar-refractivity contribution in [3.05, 3.63) is 65.2 Å². The summed E-state index contributed by atoms with van der Waals surface area (Å²) in [5.74, 6) is 0.872. The Labute approximate surface area is 140 Å². The lowest BCUT2D eigenvalue weighted by atomic mass is 9.97. The van der Waals surface area contributed by atoms with Gasteiger partial charge in [-0.05, 0) is 67.0 Å². The highest BCUT2D eigenvalue weighted by atomic mass is 15.1. The van der Waals surface area contributed by atoms with Crippen LogP contribution >= 0.6 is 0 Å². The monoisotopic (exact) mass is 305 g/mol. The molecule has 23 heavy (non-hydrogen) atoms. The van der Waals surface area contributed by atoms with Gasteiger partial charge in [0.2, 0.25) is 0 Å². The molecule has 1 heteroatoms. The zero-order valence-electron chi connectivity index (χ0n) is 14.5. The van der Waals surface area contributed by atoms with E-state index < -0.39 is 0 Å². The summed E-state index contributed by atoms with van der Waals surface area (Å²) in [7, 11) is 0. The number of benzene rings is 2. The zero-order valence-corrected chi connectivity index (χ0v) is 14.5. The Kier molecular flexibility index (Phi) is 4.85. The molecule has 0 spiro atoms. The van der Waals surface area contributed by atoms with Crippen molar-refractivity contribution in [1.82, 2.24) is 0 Å². The molecule has 3 rings (SSSR count). The van der Waals surface area contributed by atoms with E-state index in [1.807, 2.05) is 0 Å². The quantitative estimate of drug-likeness (QED) is 0.648. The molecule has 0 unspecified atom stereocenters. The molecule has 0 saturated carbocycles. The van der Waals surface area contributed by atoms with Crippen LogP contribution in [0.1, 0.15) is 43.4 Å². The Morgan fingerprint density at radius 3 is 2.52 bits per heavy atom. The van der Waals surface area contributed by atoms with Crippen LogP contribution < -0.4 is 4.90 Å². The molecule has 1 aliphatic rings. The van der Waals surface area contributed by atoms with E-state index in [2.05, 4.69) is 80.3 Å². The lowest BCUT2D eigenvalue weighted by molar-refractivity contribution is 0.438. The summed E-state index contributed by atoms with van der Waals surface area (Å²) in [4.78, 5) is 2.53. The Morgan fingerprint density at radius 2 is 1.78 bits per heavy atom. The van der Waals surface area contributed by atoms with Crippen LogP contribution in [0.2, 0.25) is 0 Å². The molecule has 0 amide bonds. The predicted octanol–water partition coefficient (Wildman–Crippen LogP) is 5.79. The Morgan fingerprint density at radius 1 is 1.04 bits per heavy atom. The highest BCUT2D eigenvalue weighted by molar-refractivity contribution is 5.82. The van der Waals surface area contributed by atoms with Gasteiger partial charge < -0.3 is 4.90 Å². The van der Waals surface area contributed by atoms with Crippen molar-refractivity contribution in [2.75, 3.05) is 18.0 Å². The van der Waals surface area contributed by atoms with Gasteiger partial charge in [0.25, 0.3) is 0 Å². The molecule has 1 saturated heterocycles. The van der Waals surface area contributed by atoms with E-state index in [-0.39, 0.29) is 0 Å². The average Bonchev–Trinajstić information content (AvgIpc) is 2.58. The van der Waals surface area contributed by atoms with E-state index in [9.17, 15) is 0 Å². The second-order valence-electron chi connectivity index (χ2n) is 6.90. The third-order valence-electron chi connectivity index (χ3n) is 5.01. The fourth-order valence-corrected chi connectivity index (χ4v) is 3.28. The first-order valence-electron chi connectivity index (χ1n) is 8.73. The Balaban J connectivity index is 1.83. The Hall–Kier alpha value is -2.02. The SMILES string of the molecule is C/C(=C\c1ccccc1C)c1cccc(N2CCC(C)CC2)c1. The maximum atomic E-state index is 2.53. The van der Waals surface area contributed by atoms with Crippen molar-refractivity contribution in [2.24, 2.45) is 5.92 Å². The highest BCUT2D eigenvalue weighted by Gasteiger charge is 2.16. The largest absolute Gasteiger partial charge is 0.371 e. The zero-order chi connectivity index (χ0) is 16.2. The molecule has 0 bridgehead atoms. The minimum absolute atomic E-state index is 0.872. The first-order chi connectivity index (χ1) is 11.1. The standard InChI is InChI=1S/C22H27N/c1-17-11-13-23(14-12-17)22-10-6-9-21(16-22)19(3)15-20-8-5-4-7-18(20)2/h4-10,15-17H,11-14H2,1-3H3/b19-15+. The van der Waals surface area contributed by atoms with Gasteiger partial charge in [0.15, 0.2) is 0 Å². The van der Waals surface area contributed by atoms with Crippen molar-refractivity contribution in [2.45, 2.75) is 33.6 Å². The molecule has 0 atom stereocenters. The minimum Gasteiger partial charge on any atom is -0.371 e. The fraction of sp³-hybridized carbons (Fsp3) is 0.364. The molecule has 1 nitrogen and oxygen atoms in total. The van der Waals surface area contributed by atoms with Crippen molar-refractivity contribution >= 4 is 17.3 Å². The van der Waals surface area contributed by atoms with E-state index in [1.54, 1.807) is 0 Å². The van der Waals surface area contributed by atoms with Crippen LogP contribution in [-0.4, -0.2) is 13.1 Å². The normalized spacial score (nSPS) is 16.7. The van der Waals surface area contributed by atoms with Gasteiger partial charge in [0.1, 0.15) is 0 Å². The third-order valence-corrected chi connectivity index (χ3v) is 5.01. The van der Waals surface area contributed by atoms with Crippen LogP contribution in [0.25, 0.3) is 11.6 Å². The van der Waals surface area contributed by atoms with Crippen LogP contribution in [-0.2, 0) is 0 Å². The van der Waals surface area contributed by atoms with Crippen molar-refractivity contribution in [3.8, 4) is 0 Å². The molecular formula is C22H27N. The van der Waals surface area contributed by atoms with Gasteiger partial charge in [0, 0.05) is 18.8 Å². The number of piperidine rings is 1. The molecular weight excluding hydrogens is 278 g/mol. The van der Waals surface area contributed by atoms with Gasteiger partial charge >= 0.3 is 0 Å². The lowest BCUT2D eigenvalue weighted by Gasteiger charge is -2.32. The minimum atomic E-state index is 0.872. The highest BCUT2D eigenvalue weighted by Crippen LogP contribution is 2.27. The molecule has 120 valence electrons. The van der Waals surface area contributed by atoms with Crippen LogP contribution in [0.5, 0.6) is 0 Å². The summed E-state index contributed by atoms with van der Waals surface area (Å²) in [6.07, 6.45) is 4.91. The molecule has 1 fully saturated rings. The van der Waals surface area contributed by atoms with Crippen molar-refractivity contribution < 1.29 is 0 Å². The second-order valence-corrected chi connectivity index (χ2v) is 6.90. The number of hydrogen-bond acceptors (Lipinski definition) is 1. The summed E-state index contributed by atoms with van der Waals surface area (Å²) in [6, 6.07) is 17.6. The molecule has 0 N–H and O–H groups in total. The first kappa shape index (κ1) is 15.9. The van der Waals surface area contributed by atoms with Gasteiger partial charge in [-0.15, -0.1) is 0 Å². The maximum Gasteiger partial charge on any atom is 0.0372 e. The van der Waals surface area contributed by atoms with Crippen LogP contribution in [0, 0.1) is 12.8 Å². The van der Waals surface area contributed by atoms with E-state index in [0.717, 1.165) is 5.92 Å². The average molecular weight is 305 g/mol. The van der Waals surface area contributed by atoms with Crippen LogP contribution in [0.4, 0.5) is 5.69 Å². The number of allylic oxidation sites excluding steroid dienone is 1. The number of hydrogen-bond donors (Lipinski definition) is 0. The van der Waals surface area contributed by atoms with E-state index >= 15 is 0 Å². The lowest BCUT2D eigenvalue weighted by Crippen LogP contribution is -2.32. The van der Waals surface area contributed by atoms with Gasteiger partial charge in [-0.25, -0.2) is 0 Å². The van der Waals surface area contributed by atoms with Gasteiger partial charge in [0.05, 0.1) is 0 Å². The van der Waals surface area contributed by atoms with Crippen molar-refractivity contribution in [1.29, 1.82) is 0 Å². The summed E-state index contributed by atoms with van der Waals surface area (Å²) >= 11 is 0. The van der Waals surface area contributed by atoms with E-state index in [1.165, 1.54) is 53.9 Å². The van der Waals surface area contributed by atoms with E-state index in [0.29, 0.717) is 0 Å². The molecule has 2 aromatic rings. The first-order valence-corrected chi connectivity index (χ1v) is 8.73.